The van der Waals surface area contributed by atoms with Crippen molar-refractivity contribution in [2.45, 2.75) is 39.5 Å². The predicted molar refractivity (Wildman–Crippen MR) is 111 cm³/mol. The van der Waals surface area contributed by atoms with Gasteiger partial charge in [-0.1, -0.05) is 13.8 Å². The van der Waals surface area contributed by atoms with E-state index in [2.05, 4.69) is 34.3 Å². The third-order valence-electron chi connectivity index (χ3n) is 6.02. The van der Waals surface area contributed by atoms with Crippen LogP contribution in [0.2, 0.25) is 0 Å². The highest BCUT2D eigenvalue weighted by Gasteiger charge is 2.30. The number of pyridine rings is 1. The summed E-state index contributed by atoms with van der Waals surface area (Å²) in [6.45, 7) is 6.06. The molecule has 1 aliphatic heterocycles. The summed E-state index contributed by atoms with van der Waals surface area (Å²) in [4.78, 5) is 3.96. The molecule has 9 heteroatoms. The number of halogens is 1. The first-order valence-corrected chi connectivity index (χ1v) is 11.9. The molecule has 0 aromatic carbocycles. The third kappa shape index (κ3) is 4.45. The minimum absolute atomic E-state index is 0.179. The van der Waals surface area contributed by atoms with Crippen molar-refractivity contribution in [2.75, 3.05) is 31.2 Å². The van der Waals surface area contributed by atoms with E-state index in [1.165, 1.54) is 22.2 Å². The number of sulfonamides is 1. The lowest BCUT2D eigenvalue weighted by atomic mass is 9.76. The number of aromatic nitrogens is 3. The molecule has 1 unspecified atom stereocenters. The fraction of sp³-hybridized carbons (Fsp3) is 0.600. The molecular formula is C20H28FN5O2S. The molecule has 4 rings (SSSR count). The van der Waals surface area contributed by atoms with Gasteiger partial charge in [0, 0.05) is 42.5 Å². The Balaban J connectivity index is 1.49. The molecule has 2 aromatic heterocycles. The second kappa shape index (κ2) is 7.36. The van der Waals surface area contributed by atoms with Gasteiger partial charge < -0.3 is 5.32 Å². The molecule has 0 saturated carbocycles. The second-order valence-corrected chi connectivity index (χ2v) is 11.1. The van der Waals surface area contributed by atoms with Gasteiger partial charge >= 0.3 is 0 Å². The van der Waals surface area contributed by atoms with Crippen LogP contribution in [0.25, 0.3) is 11.3 Å². The fourth-order valence-electron chi connectivity index (χ4n) is 4.32. The van der Waals surface area contributed by atoms with Crippen LogP contribution in [0.3, 0.4) is 0 Å². The first-order valence-electron chi connectivity index (χ1n) is 10.0. The van der Waals surface area contributed by atoms with Gasteiger partial charge in [-0.15, -0.1) is 0 Å². The molecule has 1 fully saturated rings. The Morgan fingerprint density at radius 3 is 2.90 bits per heavy atom. The molecule has 0 radical (unpaired) electrons. The zero-order chi connectivity index (χ0) is 20.8. The number of hydrogen-bond donors (Lipinski definition) is 2. The lowest BCUT2D eigenvalue weighted by Gasteiger charge is -2.29. The molecule has 3 heterocycles. The zero-order valence-electron chi connectivity index (χ0n) is 17.1. The Hall–Kier alpha value is -2.00. The van der Waals surface area contributed by atoms with E-state index in [-0.39, 0.29) is 11.3 Å². The van der Waals surface area contributed by atoms with Gasteiger partial charge in [0.2, 0.25) is 16.0 Å². The topological polar surface area (TPSA) is 91.0 Å². The van der Waals surface area contributed by atoms with E-state index in [1.807, 2.05) is 6.07 Å². The van der Waals surface area contributed by atoms with E-state index >= 15 is 0 Å². The number of H-pyrrole nitrogens is 1. The molecule has 2 N–H and O–H groups in total. The lowest BCUT2D eigenvalue weighted by molar-refractivity contribution is 0.312. The maximum atomic E-state index is 14.2. The number of fused-ring (bicyclic) bond motifs is 1. The number of aromatic amines is 1. The first-order chi connectivity index (χ1) is 13.6. The van der Waals surface area contributed by atoms with E-state index in [4.69, 9.17) is 0 Å². The van der Waals surface area contributed by atoms with Crippen molar-refractivity contribution in [2.24, 2.45) is 11.3 Å². The highest BCUT2D eigenvalue weighted by molar-refractivity contribution is 7.88. The molecule has 0 bridgehead atoms. The van der Waals surface area contributed by atoms with Crippen LogP contribution >= 0.6 is 0 Å². The molecule has 1 saturated heterocycles. The summed E-state index contributed by atoms with van der Waals surface area (Å²) in [5.74, 6) is 0.0754. The SMILES string of the molecule is CC1(C)CCc2c(-c3cc(F)nc(NCC4CCN(S(C)(=O)=O)C4)c3)n[nH]c2C1. The van der Waals surface area contributed by atoms with Gasteiger partial charge in [0.1, 0.15) is 5.82 Å². The largest absolute Gasteiger partial charge is 0.370 e. The van der Waals surface area contributed by atoms with Crippen molar-refractivity contribution in [3.63, 3.8) is 0 Å². The fourth-order valence-corrected chi connectivity index (χ4v) is 5.24. The minimum Gasteiger partial charge on any atom is -0.370 e. The van der Waals surface area contributed by atoms with Crippen LogP contribution in [-0.2, 0) is 22.9 Å². The highest BCUT2D eigenvalue weighted by atomic mass is 32.2. The van der Waals surface area contributed by atoms with Crippen LogP contribution in [-0.4, -0.2) is 53.8 Å². The van der Waals surface area contributed by atoms with E-state index in [1.54, 1.807) is 0 Å². The minimum atomic E-state index is -3.16. The molecule has 2 aliphatic rings. The van der Waals surface area contributed by atoms with Crippen LogP contribution in [0.5, 0.6) is 0 Å². The lowest BCUT2D eigenvalue weighted by Crippen LogP contribution is -2.28. The van der Waals surface area contributed by atoms with Crippen molar-refractivity contribution in [1.82, 2.24) is 19.5 Å². The summed E-state index contributed by atoms with van der Waals surface area (Å²) < 4.78 is 39.0. The van der Waals surface area contributed by atoms with Gasteiger partial charge in [-0.25, -0.2) is 17.7 Å². The normalized spacial score (nSPS) is 21.9. The van der Waals surface area contributed by atoms with E-state index in [9.17, 15) is 12.8 Å². The van der Waals surface area contributed by atoms with Crippen molar-refractivity contribution in [1.29, 1.82) is 0 Å². The Bertz CT molecular complexity index is 1020. The van der Waals surface area contributed by atoms with Crippen LogP contribution in [0.1, 0.15) is 37.9 Å². The van der Waals surface area contributed by atoms with E-state index in [0.717, 1.165) is 37.1 Å². The van der Waals surface area contributed by atoms with Gasteiger partial charge in [-0.2, -0.15) is 9.49 Å². The van der Waals surface area contributed by atoms with Gasteiger partial charge in [0.15, 0.2) is 0 Å². The van der Waals surface area contributed by atoms with Gasteiger partial charge in [0.05, 0.1) is 11.9 Å². The molecule has 2 aromatic rings. The summed E-state index contributed by atoms with van der Waals surface area (Å²) in [5, 5.41) is 10.8. The molecule has 7 nitrogen and oxygen atoms in total. The monoisotopic (exact) mass is 421 g/mol. The first kappa shape index (κ1) is 20.3. The average molecular weight is 422 g/mol. The maximum Gasteiger partial charge on any atom is 0.215 e. The molecule has 29 heavy (non-hydrogen) atoms. The Morgan fingerprint density at radius 2 is 2.17 bits per heavy atom. The summed E-state index contributed by atoms with van der Waals surface area (Å²) in [6.07, 6.45) is 4.94. The molecule has 158 valence electrons. The smallest absolute Gasteiger partial charge is 0.215 e. The van der Waals surface area contributed by atoms with Gasteiger partial charge in [0.25, 0.3) is 0 Å². The Morgan fingerprint density at radius 1 is 1.38 bits per heavy atom. The predicted octanol–water partition coefficient (Wildman–Crippen LogP) is 2.82. The molecule has 1 aliphatic carbocycles. The van der Waals surface area contributed by atoms with Gasteiger partial charge in [-0.3, -0.25) is 5.10 Å². The van der Waals surface area contributed by atoms with E-state index < -0.39 is 16.0 Å². The third-order valence-corrected chi connectivity index (χ3v) is 7.29. The number of hydrogen-bond acceptors (Lipinski definition) is 5. The molecule has 1 atom stereocenters. The summed E-state index contributed by atoms with van der Waals surface area (Å²) >= 11 is 0. The Kier molecular flexibility index (Phi) is 5.14. The number of nitrogens with one attached hydrogen (secondary N) is 2. The highest BCUT2D eigenvalue weighted by Crippen LogP contribution is 2.38. The van der Waals surface area contributed by atoms with Crippen LogP contribution in [0.4, 0.5) is 10.2 Å². The number of anilines is 1. The quantitative estimate of drug-likeness (QED) is 0.725. The summed E-state index contributed by atoms with van der Waals surface area (Å²) in [6, 6.07) is 3.24. The average Bonchev–Trinajstić information content (AvgIpc) is 3.25. The van der Waals surface area contributed by atoms with Crippen LogP contribution in [0, 0.1) is 17.3 Å². The number of nitrogens with zero attached hydrogens (tertiary/aromatic N) is 3. The van der Waals surface area contributed by atoms with E-state index in [0.29, 0.717) is 31.0 Å². The Labute approximate surface area is 171 Å². The molecule has 0 amide bonds. The second-order valence-electron chi connectivity index (χ2n) is 9.09. The van der Waals surface area contributed by atoms with Crippen molar-refractivity contribution < 1.29 is 12.8 Å². The van der Waals surface area contributed by atoms with Gasteiger partial charge in [-0.05, 0) is 43.1 Å². The molecule has 0 spiro atoms. The standard InChI is InChI=1S/C20H28FN5O2S/c1-20(2)6-4-15-16(10-20)24-25-19(15)14-8-17(21)23-18(9-14)22-11-13-5-7-26(12-13)29(3,27)28/h8-9,13H,4-7,10-12H2,1-3H3,(H,22,23)(H,24,25). The van der Waals surface area contributed by atoms with Crippen molar-refractivity contribution in [3.05, 3.63) is 29.3 Å². The van der Waals surface area contributed by atoms with Crippen LogP contribution in [0.15, 0.2) is 12.1 Å². The molecular weight excluding hydrogens is 393 g/mol. The van der Waals surface area contributed by atoms with Crippen LogP contribution < -0.4 is 5.32 Å². The number of rotatable bonds is 5. The summed E-state index contributed by atoms with van der Waals surface area (Å²) in [7, 11) is -3.16. The van der Waals surface area contributed by atoms with Crippen molar-refractivity contribution >= 4 is 15.8 Å². The summed E-state index contributed by atoms with van der Waals surface area (Å²) in [5.41, 5.74) is 4.05. The van der Waals surface area contributed by atoms with Crippen molar-refractivity contribution in [3.8, 4) is 11.3 Å². The maximum absolute atomic E-state index is 14.2. The zero-order valence-corrected chi connectivity index (χ0v) is 17.9.